The summed E-state index contributed by atoms with van der Waals surface area (Å²) in [6, 6.07) is 8.38. The molecule has 0 spiro atoms. The molecule has 0 fully saturated rings. The smallest absolute Gasteiger partial charge is 0.271 e. The molecule has 1 amide bonds. The Kier molecular flexibility index (Phi) is 3.94. The van der Waals surface area contributed by atoms with Crippen LogP contribution in [-0.2, 0) is 0 Å². The fourth-order valence-corrected chi connectivity index (χ4v) is 1.56. The van der Waals surface area contributed by atoms with Gasteiger partial charge in [-0.2, -0.15) is 5.10 Å². The van der Waals surface area contributed by atoms with Crippen LogP contribution < -0.4 is 5.43 Å². The van der Waals surface area contributed by atoms with Crippen molar-refractivity contribution in [1.82, 2.24) is 5.43 Å². The second-order valence-electron chi connectivity index (χ2n) is 4.12. The first kappa shape index (κ1) is 14.2. The number of hydrogen-bond donors (Lipinski definition) is 5. The molecule has 0 saturated carbocycles. The van der Waals surface area contributed by atoms with Crippen LogP contribution in [0, 0.1) is 0 Å². The Morgan fingerprint density at radius 2 is 1.62 bits per heavy atom. The molecule has 0 bridgehead atoms. The largest absolute Gasteiger partial charge is 0.507 e. The molecule has 0 unspecified atom stereocenters. The molecule has 7 nitrogen and oxygen atoms in total. The van der Waals surface area contributed by atoms with E-state index in [-0.39, 0.29) is 11.3 Å². The number of hydrogen-bond acceptors (Lipinski definition) is 6. The normalized spacial score (nSPS) is 10.7. The van der Waals surface area contributed by atoms with Crippen LogP contribution in [0.5, 0.6) is 23.0 Å². The van der Waals surface area contributed by atoms with Gasteiger partial charge in [-0.05, 0) is 24.3 Å². The van der Waals surface area contributed by atoms with Gasteiger partial charge < -0.3 is 20.4 Å². The van der Waals surface area contributed by atoms with E-state index in [0.717, 1.165) is 12.1 Å². The molecule has 0 aromatic heterocycles. The lowest BCUT2D eigenvalue weighted by Crippen LogP contribution is -2.17. The van der Waals surface area contributed by atoms with Gasteiger partial charge in [-0.3, -0.25) is 4.79 Å². The zero-order valence-electron chi connectivity index (χ0n) is 10.7. The summed E-state index contributed by atoms with van der Waals surface area (Å²) in [6.07, 6.45) is 1.24. The Bertz CT molecular complexity index is 689. The average molecular weight is 288 g/mol. The lowest BCUT2D eigenvalue weighted by molar-refractivity contribution is 0.0954. The summed E-state index contributed by atoms with van der Waals surface area (Å²) in [5, 5.41) is 40.9. The quantitative estimate of drug-likeness (QED) is 0.331. The van der Waals surface area contributed by atoms with Crippen molar-refractivity contribution in [2.24, 2.45) is 5.10 Å². The van der Waals surface area contributed by atoms with Gasteiger partial charge in [0.15, 0.2) is 17.2 Å². The van der Waals surface area contributed by atoms with Gasteiger partial charge >= 0.3 is 0 Å². The maximum absolute atomic E-state index is 11.7. The molecule has 21 heavy (non-hydrogen) atoms. The number of hydrazone groups is 1. The fourth-order valence-electron chi connectivity index (χ4n) is 1.56. The Balaban J connectivity index is 2.11. The number of benzene rings is 2. The van der Waals surface area contributed by atoms with Crippen LogP contribution in [0.25, 0.3) is 0 Å². The fraction of sp³-hybridized carbons (Fsp3) is 0. The minimum atomic E-state index is -0.704. The molecule has 2 rings (SSSR count). The lowest BCUT2D eigenvalue weighted by atomic mass is 10.2. The SMILES string of the molecule is O=C(NN=Cc1ccccc1O)c1cc(O)c(O)c(O)c1. The molecule has 0 aliphatic heterocycles. The lowest BCUT2D eigenvalue weighted by Gasteiger charge is -2.04. The molecule has 2 aromatic carbocycles. The van der Waals surface area contributed by atoms with Gasteiger partial charge in [0.05, 0.1) is 6.21 Å². The maximum atomic E-state index is 11.7. The van der Waals surface area contributed by atoms with Crippen molar-refractivity contribution in [3.05, 3.63) is 47.5 Å². The second-order valence-corrected chi connectivity index (χ2v) is 4.12. The Hall–Kier alpha value is -3.22. The predicted molar refractivity (Wildman–Crippen MR) is 74.6 cm³/mol. The molecule has 0 saturated heterocycles. The molecule has 0 aliphatic carbocycles. The van der Waals surface area contributed by atoms with Gasteiger partial charge in [-0.25, -0.2) is 5.43 Å². The first-order valence-electron chi connectivity index (χ1n) is 5.85. The van der Waals surface area contributed by atoms with E-state index in [1.165, 1.54) is 12.3 Å². The minimum Gasteiger partial charge on any atom is -0.507 e. The molecular formula is C14H12N2O5. The Morgan fingerprint density at radius 3 is 2.24 bits per heavy atom. The van der Waals surface area contributed by atoms with Crippen molar-refractivity contribution in [1.29, 1.82) is 0 Å². The summed E-state index contributed by atoms with van der Waals surface area (Å²) in [4.78, 5) is 11.7. The predicted octanol–water partition coefficient (Wildman–Crippen LogP) is 1.27. The first-order chi connectivity index (χ1) is 9.99. The zero-order chi connectivity index (χ0) is 15.4. The number of phenols is 4. The van der Waals surface area contributed by atoms with Crippen molar-refractivity contribution in [2.45, 2.75) is 0 Å². The highest BCUT2D eigenvalue weighted by Gasteiger charge is 2.12. The van der Waals surface area contributed by atoms with Crippen LogP contribution >= 0.6 is 0 Å². The van der Waals surface area contributed by atoms with E-state index in [4.69, 9.17) is 0 Å². The maximum Gasteiger partial charge on any atom is 0.271 e. The number of rotatable bonds is 3. The third-order valence-electron chi connectivity index (χ3n) is 2.64. The standard InChI is InChI=1S/C14H12N2O5/c17-10-4-2-1-3-8(10)7-15-16-14(21)9-5-11(18)13(20)12(19)6-9/h1-7,17-20H,(H,16,21). The number of carbonyl (C=O) groups is 1. The van der Waals surface area contributed by atoms with E-state index in [0.29, 0.717) is 5.56 Å². The molecule has 0 aliphatic rings. The van der Waals surface area contributed by atoms with Gasteiger partial charge in [0.25, 0.3) is 5.91 Å². The monoisotopic (exact) mass is 288 g/mol. The minimum absolute atomic E-state index is 0.00965. The van der Waals surface area contributed by atoms with Crippen molar-refractivity contribution in [3.8, 4) is 23.0 Å². The molecule has 7 heteroatoms. The highest BCUT2D eigenvalue weighted by atomic mass is 16.3. The molecule has 0 atom stereocenters. The first-order valence-corrected chi connectivity index (χ1v) is 5.85. The van der Waals surface area contributed by atoms with E-state index in [9.17, 15) is 25.2 Å². The summed E-state index contributed by atoms with van der Waals surface area (Å²) in [7, 11) is 0. The summed E-state index contributed by atoms with van der Waals surface area (Å²) in [5.74, 6) is -2.64. The number of aromatic hydroxyl groups is 4. The third kappa shape index (κ3) is 3.21. The number of phenolic OH excluding ortho intramolecular Hbond substituents is 4. The van der Waals surface area contributed by atoms with Gasteiger partial charge in [0.1, 0.15) is 5.75 Å². The van der Waals surface area contributed by atoms with E-state index in [1.54, 1.807) is 18.2 Å². The van der Waals surface area contributed by atoms with Crippen molar-refractivity contribution in [3.63, 3.8) is 0 Å². The van der Waals surface area contributed by atoms with Crippen molar-refractivity contribution >= 4 is 12.1 Å². The summed E-state index contributed by atoms with van der Waals surface area (Å²) in [6.45, 7) is 0. The Morgan fingerprint density at radius 1 is 1.00 bits per heavy atom. The van der Waals surface area contributed by atoms with Crippen LogP contribution in [0.4, 0.5) is 0 Å². The molecular weight excluding hydrogens is 276 g/mol. The molecule has 0 heterocycles. The average Bonchev–Trinajstić information content (AvgIpc) is 2.46. The van der Waals surface area contributed by atoms with E-state index >= 15 is 0 Å². The Labute approximate surface area is 119 Å². The zero-order valence-corrected chi connectivity index (χ0v) is 10.7. The van der Waals surface area contributed by atoms with E-state index in [2.05, 4.69) is 10.5 Å². The summed E-state index contributed by atoms with van der Waals surface area (Å²) >= 11 is 0. The van der Waals surface area contributed by atoms with Crippen LogP contribution in [0.1, 0.15) is 15.9 Å². The van der Waals surface area contributed by atoms with Crippen LogP contribution in [0.3, 0.4) is 0 Å². The van der Waals surface area contributed by atoms with Gasteiger partial charge in [-0.1, -0.05) is 12.1 Å². The van der Waals surface area contributed by atoms with E-state index < -0.39 is 23.2 Å². The third-order valence-corrected chi connectivity index (χ3v) is 2.64. The number of amides is 1. The summed E-state index contributed by atoms with van der Waals surface area (Å²) in [5.41, 5.74) is 2.49. The number of nitrogens with zero attached hydrogens (tertiary/aromatic N) is 1. The van der Waals surface area contributed by atoms with E-state index in [1.807, 2.05) is 0 Å². The van der Waals surface area contributed by atoms with Crippen LogP contribution in [0.15, 0.2) is 41.5 Å². The topological polar surface area (TPSA) is 122 Å². The van der Waals surface area contributed by atoms with Gasteiger partial charge in [0, 0.05) is 11.1 Å². The van der Waals surface area contributed by atoms with Crippen LogP contribution in [-0.4, -0.2) is 32.5 Å². The second kappa shape index (κ2) is 5.83. The van der Waals surface area contributed by atoms with Gasteiger partial charge in [-0.15, -0.1) is 0 Å². The highest BCUT2D eigenvalue weighted by molar-refractivity contribution is 5.96. The highest BCUT2D eigenvalue weighted by Crippen LogP contribution is 2.35. The molecule has 108 valence electrons. The summed E-state index contributed by atoms with van der Waals surface area (Å²) < 4.78 is 0. The van der Waals surface area contributed by atoms with Crippen molar-refractivity contribution in [2.75, 3.05) is 0 Å². The van der Waals surface area contributed by atoms with Crippen LogP contribution in [0.2, 0.25) is 0 Å². The molecule has 2 aromatic rings. The van der Waals surface area contributed by atoms with Crippen molar-refractivity contribution < 1.29 is 25.2 Å². The number of carbonyl (C=O) groups excluding carboxylic acids is 1. The molecule has 0 radical (unpaired) electrons. The number of para-hydroxylation sites is 1. The number of nitrogens with one attached hydrogen (secondary N) is 1. The van der Waals surface area contributed by atoms with Gasteiger partial charge in [0.2, 0.25) is 0 Å². The molecule has 5 N–H and O–H groups in total.